The Bertz CT molecular complexity index is 998. The molecule has 3 N–H and O–H groups in total. The minimum atomic E-state index is -0.928. The number of hydrogen-bond acceptors (Lipinski definition) is 4. The van der Waals surface area contributed by atoms with E-state index in [9.17, 15) is 13.6 Å². The molecule has 0 unspecified atom stereocenters. The number of nitrogens with zero attached hydrogens (tertiary/aromatic N) is 2. The Morgan fingerprint density at radius 2 is 1.88 bits per heavy atom. The van der Waals surface area contributed by atoms with Crippen LogP contribution in [0.5, 0.6) is 0 Å². The molecule has 6 nitrogen and oxygen atoms in total. The molecule has 3 rings (SSSR count). The van der Waals surface area contributed by atoms with Crippen molar-refractivity contribution in [3.63, 3.8) is 0 Å². The predicted octanol–water partition coefficient (Wildman–Crippen LogP) is 3.03. The van der Waals surface area contributed by atoms with Crippen LogP contribution >= 0.6 is 11.6 Å². The minimum absolute atomic E-state index is 0.00752. The Balaban J connectivity index is 2.51. The average molecular weight is 350 g/mol. The number of hydrogen-bond donors (Lipinski definition) is 3. The van der Waals surface area contributed by atoms with Crippen LogP contribution in [-0.2, 0) is 0 Å². The summed E-state index contributed by atoms with van der Waals surface area (Å²) < 4.78 is 29.2. The van der Waals surface area contributed by atoms with Crippen LogP contribution in [0.25, 0.3) is 16.6 Å². The Morgan fingerprint density at radius 3 is 2.46 bits per heavy atom. The van der Waals surface area contributed by atoms with Crippen molar-refractivity contribution in [1.29, 1.82) is 10.8 Å². The van der Waals surface area contributed by atoms with Crippen LogP contribution in [0.2, 0.25) is 5.02 Å². The second-order valence-corrected chi connectivity index (χ2v) is 5.32. The molecule has 0 saturated carbocycles. The molecule has 0 saturated heterocycles. The van der Waals surface area contributed by atoms with Crippen molar-refractivity contribution in [3.8, 4) is 5.69 Å². The summed E-state index contributed by atoms with van der Waals surface area (Å²) in [6.45, 7) is 0. The van der Waals surface area contributed by atoms with E-state index >= 15 is 0 Å². The number of benzene rings is 1. The fourth-order valence-corrected chi connectivity index (χ4v) is 2.67. The molecule has 0 amide bonds. The van der Waals surface area contributed by atoms with Crippen molar-refractivity contribution in [2.24, 2.45) is 0 Å². The zero-order valence-electron chi connectivity index (χ0n) is 12.0. The lowest BCUT2D eigenvalue weighted by Crippen LogP contribution is -2.09. The van der Waals surface area contributed by atoms with Crippen LogP contribution < -0.4 is 5.56 Å². The molecular formula is C15H10ClF2N5O. The number of fused-ring (bicyclic) bond motifs is 1. The molecule has 0 radical (unpaired) electrons. The van der Waals surface area contributed by atoms with E-state index in [1.54, 1.807) is 0 Å². The maximum Gasteiger partial charge on any atom is 0.259 e. The van der Waals surface area contributed by atoms with E-state index in [2.05, 4.69) is 10.1 Å². The van der Waals surface area contributed by atoms with Crippen molar-refractivity contribution >= 4 is 34.9 Å². The summed E-state index contributed by atoms with van der Waals surface area (Å²) in [5, 5.41) is 18.8. The van der Waals surface area contributed by atoms with E-state index in [0.29, 0.717) is 0 Å². The van der Waals surface area contributed by atoms with Gasteiger partial charge in [-0.1, -0.05) is 17.7 Å². The quantitative estimate of drug-likeness (QED) is 0.631. The fourth-order valence-electron chi connectivity index (χ4n) is 2.44. The molecule has 3 aromatic rings. The molecule has 0 aliphatic carbocycles. The average Bonchev–Trinajstić information content (AvgIpc) is 2.94. The van der Waals surface area contributed by atoms with Crippen molar-refractivity contribution in [1.82, 2.24) is 14.8 Å². The van der Waals surface area contributed by atoms with Crippen LogP contribution in [0.15, 0.2) is 29.2 Å². The summed E-state index contributed by atoms with van der Waals surface area (Å²) in [4.78, 5) is 14.6. The van der Waals surface area contributed by atoms with Gasteiger partial charge in [0, 0.05) is 18.6 Å². The first kappa shape index (κ1) is 16.0. The summed E-state index contributed by atoms with van der Waals surface area (Å²) in [5.41, 5.74) is -1.05. The molecule has 24 heavy (non-hydrogen) atoms. The van der Waals surface area contributed by atoms with Gasteiger partial charge in [0.1, 0.15) is 11.2 Å². The van der Waals surface area contributed by atoms with Gasteiger partial charge in [0.15, 0.2) is 11.6 Å². The van der Waals surface area contributed by atoms with Gasteiger partial charge < -0.3 is 15.8 Å². The smallest absolute Gasteiger partial charge is 0.259 e. The largest absolute Gasteiger partial charge is 0.327 e. The normalized spacial score (nSPS) is 12.3. The van der Waals surface area contributed by atoms with E-state index < -0.39 is 28.8 Å². The fraction of sp³-hybridized carbons (Fsp3) is 0.0667. The highest BCUT2D eigenvalue weighted by Gasteiger charge is 2.24. The Morgan fingerprint density at radius 1 is 1.25 bits per heavy atom. The van der Waals surface area contributed by atoms with Crippen molar-refractivity contribution < 1.29 is 8.78 Å². The Kier molecular flexibility index (Phi) is 3.98. The highest BCUT2D eigenvalue weighted by atomic mass is 35.5. The van der Waals surface area contributed by atoms with E-state index in [0.717, 1.165) is 29.2 Å². The maximum atomic E-state index is 14.2. The predicted molar refractivity (Wildman–Crippen MR) is 86.9 cm³/mol. The van der Waals surface area contributed by atoms with Gasteiger partial charge in [0.25, 0.3) is 5.56 Å². The molecule has 0 spiro atoms. The molecule has 0 atom stereocenters. The number of nitrogens with one attached hydrogen (secondary N) is 3. The van der Waals surface area contributed by atoms with E-state index in [-0.39, 0.29) is 21.6 Å². The minimum Gasteiger partial charge on any atom is -0.327 e. The zero-order valence-corrected chi connectivity index (χ0v) is 12.7. The van der Waals surface area contributed by atoms with Gasteiger partial charge in [-0.05, 0) is 12.1 Å². The lowest BCUT2D eigenvalue weighted by atomic mass is 10.1. The van der Waals surface area contributed by atoms with E-state index in [1.165, 1.54) is 12.3 Å². The second kappa shape index (κ2) is 5.97. The van der Waals surface area contributed by atoms with Gasteiger partial charge in [-0.3, -0.25) is 4.79 Å². The molecule has 9 heteroatoms. The zero-order chi connectivity index (χ0) is 17.4. The lowest BCUT2D eigenvalue weighted by molar-refractivity contribution is 0.562. The first-order valence-corrected chi connectivity index (χ1v) is 7.12. The first-order chi connectivity index (χ1) is 11.5. The van der Waals surface area contributed by atoms with Crippen LogP contribution in [0, 0.1) is 22.5 Å². The van der Waals surface area contributed by atoms with Crippen molar-refractivity contribution in [2.45, 2.75) is 5.92 Å². The number of halogens is 3. The number of para-hydroxylation sites is 1. The Labute approximate surface area is 138 Å². The number of rotatable bonds is 4. The van der Waals surface area contributed by atoms with Gasteiger partial charge in [-0.15, -0.1) is 0 Å². The lowest BCUT2D eigenvalue weighted by Gasteiger charge is -2.07. The van der Waals surface area contributed by atoms with Gasteiger partial charge in [-0.2, -0.15) is 5.10 Å². The van der Waals surface area contributed by atoms with Crippen molar-refractivity contribution in [3.05, 3.63) is 57.1 Å². The summed E-state index contributed by atoms with van der Waals surface area (Å²) in [6, 6.07) is 3.31. The number of aromatic amines is 1. The monoisotopic (exact) mass is 349 g/mol. The number of H-pyrrole nitrogens is 1. The molecular weight excluding hydrogens is 340 g/mol. The first-order valence-electron chi connectivity index (χ1n) is 6.75. The molecule has 2 heterocycles. The van der Waals surface area contributed by atoms with Crippen LogP contribution in [-0.4, -0.2) is 27.2 Å². The summed E-state index contributed by atoms with van der Waals surface area (Å²) >= 11 is 6.10. The SMILES string of the molecule is N=CC(C=N)c1nn(-c2c(F)cccc2F)c2c(Cl)c[nH]c(=O)c12. The van der Waals surface area contributed by atoms with Crippen LogP contribution in [0.1, 0.15) is 11.6 Å². The molecule has 0 aliphatic rings. The van der Waals surface area contributed by atoms with E-state index in [4.69, 9.17) is 22.4 Å². The highest BCUT2D eigenvalue weighted by molar-refractivity contribution is 6.35. The van der Waals surface area contributed by atoms with Crippen LogP contribution in [0.4, 0.5) is 8.78 Å². The highest BCUT2D eigenvalue weighted by Crippen LogP contribution is 2.30. The maximum absolute atomic E-state index is 14.2. The third-order valence-corrected chi connectivity index (χ3v) is 3.81. The van der Waals surface area contributed by atoms with Gasteiger partial charge in [0.2, 0.25) is 0 Å². The van der Waals surface area contributed by atoms with Gasteiger partial charge in [-0.25, -0.2) is 13.5 Å². The second-order valence-electron chi connectivity index (χ2n) is 4.92. The number of aromatic nitrogens is 3. The molecule has 1 aromatic carbocycles. The summed E-state index contributed by atoms with van der Waals surface area (Å²) in [6.07, 6.45) is 2.99. The third-order valence-electron chi connectivity index (χ3n) is 3.52. The molecule has 0 aliphatic heterocycles. The Hall–Kier alpha value is -2.87. The topological polar surface area (TPSA) is 98.4 Å². The van der Waals surface area contributed by atoms with Gasteiger partial charge in [0.05, 0.1) is 22.0 Å². The molecule has 122 valence electrons. The standard InChI is InChI=1S/C15H10ClF2N5O/c16-8-6-21-15(24)11-12(7(4-19)5-20)22-23(13(8)11)14-9(17)2-1-3-10(14)18/h1-7,19-20H,(H,21,24). The molecule has 2 aromatic heterocycles. The van der Waals surface area contributed by atoms with Gasteiger partial charge >= 0.3 is 0 Å². The molecule has 0 fully saturated rings. The summed E-state index contributed by atoms with van der Waals surface area (Å²) in [5.74, 6) is -2.70. The van der Waals surface area contributed by atoms with E-state index in [1.807, 2.05) is 0 Å². The van der Waals surface area contributed by atoms with Crippen LogP contribution in [0.3, 0.4) is 0 Å². The van der Waals surface area contributed by atoms with Crippen molar-refractivity contribution in [2.75, 3.05) is 0 Å². The summed E-state index contributed by atoms with van der Waals surface area (Å²) in [7, 11) is 0. The number of pyridine rings is 1. The molecule has 0 bridgehead atoms. The third kappa shape index (κ3) is 2.31.